The van der Waals surface area contributed by atoms with E-state index in [1.807, 2.05) is 19.1 Å². The lowest BCUT2D eigenvalue weighted by molar-refractivity contribution is -0.122. The van der Waals surface area contributed by atoms with Gasteiger partial charge < -0.3 is 19.0 Å². The normalized spacial score (nSPS) is 14.7. The molecule has 1 fully saturated rings. The van der Waals surface area contributed by atoms with Crippen LogP contribution in [0.4, 0.5) is 10.5 Å². The third-order valence-corrected chi connectivity index (χ3v) is 5.46. The van der Waals surface area contributed by atoms with Crippen LogP contribution in [0.3, 0.4) is 0 Å². The number of furan rings is 1. The topological polar surface area (TPSA) is 135 Å². The van der Waals surface area contributed by atoms with Crippen molar-refractivity contribution in [1.82, 2.24) is 5.32 Å². The van der Waals surface area contributed by atoms with Gasteiger partial charge in [-0.1, -0.05) is 31.2 Å². The maximum Gasteiger partial charge on any atom is 0.371 e. The standard InChI is InChI=1S/C26H22N2O8/c1-3-16-6-4-5-7-19(16)28-24(30)18(23(29)27-26(28)33)12-15-8-10-20(22(13-15)34-2)35-14-17-9-11-21(36-17)25(31)32/h4-13H,3,14H2,1-2H3,(H,31,32)(H,27,29,33)/b18-12-. The van der Waals surface area contributed by atoms with Gasteiger partial charge in [-0.25, -0.2) is 14.5 Å². The van der Waals surface area contributed by atoms with E-state index in [1.165, 1.54) is 25.3 Å². The van der Waals surface area contributed by atoms with E-state index in [9.17, 15) is 19.2 Å². The minimum absolute atomic E-state index is 0.0428. The molecule has 0 spiro atoms. The second kappa shape index (κ2) is 10.2. The number of benzene rings is 2. The van der Waals surface area contributed by atoms with Crippen molar-refractivity contribution >= 4 is 35.6 Å². The van der Waals surface area contributed by atoms with Crippen LogP contribution in [0.15, 0.2) is 64.6 Å². The van der Waals surface area contributed by atoms with E-state index in [0.717, 1.165) is 10.5 Å². The monoisotopic (exact) mass is 490 g/mol. The smallest absolute Gasteiger partial charge is 0.371 e. The van der Waals surface area contributed by atoms with Crippen LogP contribution in [0.5, 0.6) is 11.5 Å². The molecule has 0 unspecified atom stereocenters. The Morgan fingerprint density at radius 3 is 2.56 bits per heavy atom. The number of carboxylic acids is 1. The number of para-hydroxylation sites is 1. The molecule has 4 rings (SSSR count). The number of aryl methyl sites for hydroxylation is 1. The Hall–Kier alpha value is -4.86. The van der Waals surface area contributed by atoms with Crippen molar-refractivity contribution in [3.63, 3.8) is 0 Å². The van der Waals surface area contributed by atoms with Crippen LogP contribution >= 0.6 is 0 Å². The molecule has 2 N–H and O–H groups in total. The van der Waals surface area contributed by atoms with Gasteiger partial charge in [-0.2, -0.15) is 0 Å². The van der Waals surface area contributed by atoms with Crippen LogP contribution in [0, 0.1) is 0 Å². The zero-order valence-electron chi connectivity index (χ0n) is 19.4. The number of methoxy groups -OCH3 is 1. The molecule has 36 heavy (non-hydrogen) atoms. The molecule has 2 aromatic carbocycles. The van der Waals surface area contributed by atoms with Crippen LogP contribution in [0.25, 0.3) is 6.08 Å². The number of ether oxygens (including phenoxy) is 2. The second-order valence-electron chi connectivity index (χ2n) is 7.71. The Labute approximate surface area is 205 Å². The quantitative estimate of drug-likeness (QED) is 0.360. The van der Waals surface area contributed by atoms with E-state index >= 15 is 0 Å². The number of carboxylic acid groups (broad SMARTS) is 1. The van der Waals surface area contributed by atoms with E-state index in [4.69, 9.17) is 19.0 Å². The van der Waals surface area contributed by atoms with Crippen LogP contribution in [0.2, 0.25) is 0 Å². The number of nitrogens with zero attached hydrogens (tertiary/aromatic N) is 1. The molecule has 184 valence electrons. The van der Waals surface area contributed by atoms with Gasteiger partial charge in [0.2, 0.25) is 5.76 Å². The van der Waals surface area contributed by atoms with Crippen molar-refractivity contribution in [2.75, 3.05) is 12.0 Å². The lowest BCUT2D eigenvalue weighted by atomic mass is 10.0. The SMILES string of the molecule is CCc1ccccc1N1C(=O)NC(=O)/C(=C/c2ccc(OCc3ccc(C(=O)O)o3)c(OC)c2)C1=O. The number of nitrogens with one attached hydrogen (secondary N) is 1. The van der Waals surface area contributed by atoms with Gasteiger partial charge in [0.1, 0.15) is 17.9 Å². The summed E-state index contributed by atoms with van der Waals surface area (Å²) in [4.78, 5) is 50.2. The van der Waals surface area contributed by atoms with Gasteiger partial charge in [0, 0.05) is 0 Å². The Morgan fingerprint density at radius 2 is 1.86 bits per heavy atom. The molecule has 3 aromatic rings. The average molecular weight is 490 g/mol. The van der Waals surface area contributed by atoms with E-state index in [1.54, 1.807) is 30.3 Å². The zero-order valence-corrected chi connectivity index (χ0v) is 19.4. The largest absolute Gasteiger partial charge is 0.493 e. The third kappa shape index (κ3) is 4.83. The minimum Gasteiger partial charge on any atom is -0.493 e. The molecule has 0 atom stereocenters. The van der Waals surface area contributed by atoms with Crippen LogP contribution in [0.1, 0.15) is 34.4 Å². The van der Waals surface area contributed by atoms with Crippen molar-refractivity contribution in [2.24, 2.45) is 0 Å². The summed E-state index contributed by atoms with van der Waals surface area (Å²) >= 11 is 0. The van der Waals surface area contributed by atoms with Gasteiger partial charge in [0.05, 0.1) is 12.8 Å². The second-order valence-corrected chi connectivity index (χ2v) is 7.71. The van der Waals surface area contributed by atoms with Gasteiger partial charge in [0.15, 0.2) is 11.5 Å². The van der Waals surface area contributed by atoms with E-state index < -0.39 is 23.8 Å². The molecule has 0 aliphatic carbocycles. The van der Waals surface area contributed by atoms with Crippen molar-refractivity contribution in [3.8, 4) is 11.5 Å². The molecule has 1 aromatic heterocycles. The summed E-state index contributed by atoms with van der Waals surface area (Å²) in [5.41, 5.74) is 1.44. The number of amides is 4. The molecular weight excluding hydrogens is 468 g/mol. The molecule has 0 radical (unpaired) electrons. The Bertz CT molecular complexity index is 1390. The first-order valence-corrected chi connectivity index (χ1v) is 10.9. The van der Waals surface area contributed by atoms with E-state index in [-0.39, 0.29) is 17.9 Å². The fraction of sp³-hybridized carbons (Fsp3) is 0.154. The fourth-order valence-corrected chi connectivity index (χ4v) is 3.68. The van der Waals surface area contributed by atoms with Gasteiger partial charge in [-0.15, -0.1) is 0 Å². The van der Waals surface area contributed by atoms with E-state index in [0.29, 0.717) is 34.9 Å². The van der Waals surface area contributed by atoms with Crippen molar-refractivity contribution in [1.29, 1.82) is 0 Å². The number of hydrogen-bond acceptors (Lipinski definition) is 7. The maximum atomic E-state index is 13.2. The van der Waals surface area contributed by atoms with Gasteiger partial charge in [-0.3, -0.25) is 14.9 Å². The van der Waals surface area contributed by atoms with Crippen LogP contribution < -0.4 is 19.7 Å². The number of aromatic carboxylic acids is 1. The lowest BCUT2D eigenvalue weighted by Crippen LogP contribution is -2.54. The Kier molecular flexibility index (Phi) is 6.86. The molecule has 1 aliphatic rings. The summed E-state index contributed by atoms with van der Waals surface area (Å²) in [5, 5.41) is 11.2. The summed E-state index contributed by atoms with van der Waals surface area (Å²) in [6, 6.07) is 13.7. The maximum absolute atomic E-state index is 13.2. The molecular formula is C26H22N2O8. The Balaban J connectivity index is 1.59. The molecule has 10 heteroatoms. The molecule has 0 bridgehead atoms. The number of carbonyl (C=O) groups is 4. The summed E-state index contributed by atoms with van der Waals surface area (Å²) in [7, 11) is 1.43. The molecule has 2 heterocycles. The highest BCUT2D eigenvalue weighted by Crippen LogP contribution is 2.31. The highest BCUT2D eigenvalue weighted by Gasteiger charge is 2.37. The zero-order chi connectivity index (χ0) is 25.8. The number of barbiturate groups is 1. The number of imide groups is 2. The number of anilines is 1. The van der Waals surface area contributed by atoms with Gasteiger partial charge in [-0.05, 0) is 54.0 Å². The molecule has 4 amide bonds. The predicted molar refractivity (Wildman–Crippen MR) is 128 cm³/mol. The highest BCUT2D eigenvalue weighted by atomic mass is 16.5. The summed E-state index contributed by atoms with van der Waals surface area (Å²) in [5.74, 6) is -1.98. The minimum atomic E-state index is -1.18. The summed E-state index contributed by atoms with van der Waals surface area (Å²) < 4.78 is 16.2. The predicted octanol–water partition coefficient (Wildman–Crippen LogP) is 3.79. The third-order valence-electron chi connectivity index (χ3n) is 5.46. The number of carbonyl (C=O) groups excluding carboxylic acids is 3. The van der Waals surface area contributed by atoms with Crippen molar-refractivity contribution < 1.29 is 38.2 Å². The Morgan fingerprint density at radius 1 is 1.08 bits per heavy atom. The van der Waals surface area contributed by atoms with Crippen LogP contribution in [-0.4, -0.2) is 36.0 Å². The van der Waals surface area contributed by atoms with Gasteiger partial charge >= 0.3 is 12.0 Å². The number of urea groups is 1. The first kappa shape index (κ1) is 24.3. The molecule has 1 saturated heterocycles. The summed E-state index contributed by atoms with van der Waals surface area (Å²) in [6.07, 6.45) is 1.96. The first-order valence-electron chi connectivity index (χ1n) is 10.9. The number of rotatable bonds is 8. The molecule has 10 nitrogen and oxygen atoms in total. The molecule has 0 saturated carbocycles. The van der Waals surface area contributed by atoms with Crippen LogP contribution in [-0.2, 0) is 22.6 Å². The van der Waals surface area contributed by atoms with Crippen molar-refractivity contribution in [2.45, 2.75) is 20.0 Å². The lowest BCUT2D eigenvalue weighted by Gasteiger charge is -2.28. The van der Waals surface area contributed by atoms with Crippen molar-refractivity contribution in [3.05, 3.63) is 82.8 Å². The first-order chi connectivity index (χ1) is 17.3. The van der Waals surface area contributed by atoms with Gasteiger partial charge in [0.25, 0.3) is 11.8 Å². The average Bonchev–Trinajstić information content (AvgIpc) is 3.35. The number of hydrogen-bond donors (Lipinski definition) is 2. The highest BCUT2D eigenvalue weighted by molar-refractivity contribution is 6.39. The summed E-state index contributed by atoms with van der Waals surface area (Å²) in [6.45, 7) is 1.86. The fourth-order valence-electron chi connectivity index (χ4n) is 3.68. The van der Waals surface area contributed by atoms with E-state index in [2.05, 4.69) is 5.32 Å². The molecule has 1 aliphatic heterocycles.